The molecule has 278 valence electrons. The van der Waals surface area contributed by atoms with E-state index in [1.165, 1.54) is 66.1 Å². The smallest absolute Gasteiger partial charge is 1.00 e. The van der Waals surface area contributed by atoms with E-state index in [1.54, 1.807) is 0 Å². The first-order chi connectivity index (χ1) is 22.7. The maximum atomic E-state index is 3.38. The summed E-state index contributed by atoms with van der Waals surface area (Å²) < 4.78 is 0. The number of rotatable bonds is 2. The summed E-state index contributed by atoms with van der Waals surface area (Å²) in [5.41, 5.74) is 11.6. The number of halogens is 2. The quantitative estimate of drug-likeness (QED) is 0.122. The molecule has 6 aromatic carbocycles. The third kappa shape index (κ3) is 11.7. The van der Waals surface area contributed by atoms with Gasteiger partial charge in [0.05, 0.1) is 0 Å². The van der Waals surface area contributed by atoms with Gasteiger partial charge in [-0.05, 0) is 43.9 Å². The van der Waals surface area contributed by atoms with Crippen molar-refractivity contribution in [3.8, 4) is 22.3 Å². The molecular weight excluding hydrogens is 707 g/mol. The van der Waals surface area contributed by atoms with Gasteiger partial charge in [-0.15, -0.1) is 69.1 Å². The van der Waals surface area contributed by atoms with Crippen LogP contribution in [0, 0.1) is 13.8 Å². The van der Waals surface area contributed by atoms with Gasteiger partial charge in [-0.1, -0.05) is 155 Å². The number of benzene rings is 4. The molecule has 0 heterocycles. The van der Waals surface area contributed by atoms with Crippen molar-refractivity contribution in [3.63, 3.8) is 0 Å². The second-order valence-corrected chi connectivity index (χ2v) is 17.6. The first-order valence-electron chi connectivity index (χ1n) is 17.9. The molecule has 0 amide bonds. The van der Waals surface area contributed by atoms with Crippen LogP contribution in [0.1, 0.15) is 112 Å². The van der Waals surface area contributed by atoms with E-state index in [9.17, 15) is 0 Å². The molecule has 0 N–H and O–H groups in total. The van der Waals surface area contributed by atoms with Crippen molar-refractivity contribution >= 4 is 21.5 Å². The molecule has 0 spiro atoms. The van der Waals surface area contributed by atoms with Crippen molar-refractivity contribution < 1.29 is 46.5 Å². The Morgan fingerprint density at radius 2 is 0.731 bits per heavy atom. The normalized spacial score (nSPS) is 11.7. The fourth-order valence-corrected chi connectivity index (χ4v) is 6.14. The molecule has 0 radical (unpaired) electrons. The Morgan fingerprint density at radius 1 is 0.442 bits per heavy atom. The molecule has 0 bridgehead atoms. The first-order valence-corrected chi connectivity index (χ1v) is 17.9. The molecule has 0 fully saturated rings. The Bertz CT molecular complexity index is 1810. The van der Waals surface area contributed by atoms with Gasteiger partial charge in [-0.2, -0.15) is 12.1 Å². The zero-order chi connectivity index (χ0) is 36.4. The SMILES string of the molecule is CC(C)(C)c1ccc(-c2cccc3[cH-]c(C(C)(C)C)cc23)cc1.CC(C)(C)c1ccc(-c2cccc3[cH-]c(C(C)(C)C)cc23)cc1.[CH2-]C[CH2-].[Cl-].[Cl-].[Ti+2]. The minimum Gasteiger partial charge on any atom is -1.00 e. The molecule has 6 aromatic rings. The summed E-state index contributed by atoms with van der Waals surface area (Å²) in [7, 11) is 0. The predicted molar refractivity (Wildman–Crippen MR) is 220 cm³/mol. The minimum absolute atomic E-state index is 0. The maximum absolute atomic E-state index is 3.38. The van der Waals surface area contributed by atoms with Crippen LogP contribution >= 0.6 is 0 Å². The molecule has 0 saturated heterocycles. The van der Waals surface area contributed by atoms with Crippen LogP contribution in [0.2, 0.25) is 0 Å². The van der Waals surface area contributed by atoms with Crippen LogP contribution in [0.4, 0.5) is 0 Å². The average molecular weight is 768 g/mol. The topological polar surface area (TPSA) is 0 Å². The van der Waals surface area contributed by atoms with Crippen LogP contribution in [0.25, 0.3) is 43.8 Å². The molecule has 0 aromatic heterocycles. The van der Waals surface area contributed by atoms with Gasteiger partial charge in [0.15, 0.2) is 0 Å². The van der Waals surface area contributed by atoms with E-state index in [-0.39, 0.29) is 68.2 Å². The summed E-state index contributed by atoms with van der Waals surface area (Å²) in [4.78, 5) is 0. The molecule has 6 rings (SSSR count). The first kappa shape index (κ1) is 47.4. The average Bonchev–Trinajstić information content (AvgIpc) is 3.67. The number of hydrogen-bond donors (Lipinski definition) is 0. The van der Waals surface area contributed by atoms with E-state index >= 15 is 0 Å². The molecule has 0 unspecified atom stereocenters. The van der Waals surface area contributed by atoms with Crippen LogP contribution in [-0.2, 0) is 43.4 Å². The van der Waals surface area contributed by atoms with Crippen molar-refractivity contribution in [1.82, 2.24) is 0 Å². The van der Waals surface area contributed by atoms with Gasteiger partial charge in [0.2, 0.25) is 0 Å². The fourth-order valence-electron chi connectivity index (χ4n) is 6.14. The van der Waals surface area contributed by atoms with Crippen molar-refractivity contribution in [2.45, 2.75) is 111 Å². The Morgan fingerprint density at radius 3 is 0.981 bits per heavy atom. The summed E-state index contributed by atoms with van der Waals surface area (Å²) in [6.45, 7) is 34.0. The van der Waals surface area contributed by atoms with Gasteiger partial charge >= 0.3 is 21.7 Å². The van der Waals surface area contributed by atoms with Crippen LogP contribution in [0.15, 0.2) is 109 Å². The predicted octanol–water partition coefficient (Wildman–Crippen LogP) is 8.69. The van der Waals surface area contributed by atoms with Crippen LogP contribution in [0.3, 0.4) is 0 Å². The fraction of sp³-hybridized carbons (Fsp3) is 0.347. The van der Waals surface area contributed by atoms with E-state index in [2.05, 4.69) is 206 Å². The van der Waals surface area contributed by atoms with Crippen molar-refractivity contribution in [3.05, 3.63) is 145 Å². The van der Waals surface area contributed by atoms with Gasteiger partial charge in [0, 0.05) is 0 Å². The summed E-state index contributed by atoms with van der Waals surface area (Å²) in [6.07, 6.45) is 0.750. The van der Waals surface area contributed by atoms with Gasteiger partial charge in [0.1, 0.15) is 0 Å². The molecule has 0 aliphatic carbocycles. The van der Waals surface area contributed by atoms with E-state index in [4.69, 9.17) is 0 Å². The Hall–Kier alpha value is -2.61. The van der Waals surface area contributed by atoms with E-state index in [0.717, 1.165) is 6.42 Å². The molecule has 0 nitrogen and oxygen atoms in total. The third-order valence-electron chi connectivity index (χ3n) is 9.36. The minimum atomic E-state index is 0. The number of hydrogen-bond acceptors (Lipinski definition) is 0. The van der Waals surface area contributed by atoms with E-state index < -0.39 is 0 Å². The zero-order valence-electron chi connectivity index (χ0n) is 33.8. The zero-order valence-corrected chi connectivity index (χ0v) is 36.8. The second kappa shape index (κ2) is 18.6. The second-order valence-electron chi connectivity index (χ2n) is 17.6. The number of fused-ring (bicyclic) bond motifs is 2. The van der Waals surface area contributed by atoms with Crippen molar-refractivity contribution in [2.75, 3.05) is 0 Å². The Kier molecular flexibility index (Phi) is 17.0. The van der Waals surface area contributed by atoms with Crippen molar-refractivity contribution in [2.24, 2.45) is 0 Å². The molecule has 3 heteroatoms. The van der Waals surface area contributed by atoms with Gasteiger partial charge in [-0.3, -0.25) is 0 Å². The van der Waals surface area contributed by atoms with Crippen LogP contribution in [0.5, 0.6) is 0 Å². The van der Waals surface area contributed by atoms with Gasteiger partial charge in [0.25, 0.3) is 0 Å². The standard InChI is InChI=1S/2C23H27.C3H6.2ClH.Ti/c2*1-22(2,3)18-12-10-16(11-13-18)20-9-7-8-17-14-19(15-21(17)20)23(4,5)6;1-3-2;;;/h2*7-15H,1-6H3;1-3H2;2*1H;/q2*-1;-2;;;+2/p-2. The summed E-state index contributed by atoms with van der Waals surface area (Å²) in [6, 6.07) is 40.8. The molecular formula is C49H60Cl2Ti-4. The van der Waals surface area contributed by atoms with Crippen LogP contribution < -0.4 is 24.8 Å². The van der Waals surface area contributed by atoms with E-state index in [1.807, 2.05) is 0 Å². The Balaban J connectivity index is 0.000000459. The molecule has 52 heavy (non-hydrogen) atoms. The molecule has 0 aliphatic heterocycles. The summed E-state index contributed by atoms with van der Waals surface area (Å²) in [5, 5.41) is 5.40. The monoisotopic (exact) mass is 766 g/mol. The molecule has 0 aliphatic rings. The molecule has 0 atom stereocenters. The summed E-state index contributed by atoms with van der Waals surface area (Å²) >= 11 is 0. The van der Waals surface area contributed by atoms with Crippen molar-refractivity contribution in [1.29, 1.82) is 0 Å². The third-order valence-corrected chi connectivity index (χ3v) is 9.36. The Labute approximate surface area is 344 Å². The maximum Gasteiger partial charge on any atom is 2.00 e. The van der Waals surface area contributed by atoms with Gasteiger partial charge < -0.3 is 45.1 Å². The van der Waals surface area contributed by atoms with Gasteiger partial charge in [-0.25, -0.2) is 0 Å². The van der Waals surface area contributed by atoms with Crippen LogP contribution in [-0.4, -0.2) is 0 Å². The summed E-state index contributed by atoms with van der Waals surface area (Å²) in [5.74, 6) is 0. The largest absolute Gasteiger partial charge is 2.00 e. The van der Waals surface area contributed by atoms with E-state index in [0.29, 0.717) is 0 Å². The molecule has 0 saturated carbocycles.